The maximum atomic E-state index is 12.9. The molecule has 0 heterocycles. The lowest BCUT2D eigenvalue weighted by Gasteiger charge is -2.17. The number of hydrogen-bond acceptors (Lipinski definition) is 4. The zero-order valence-corrected chi connectivity index (χ0v) is 16.6. The van der Waals surface area contributed by atoms with Gasteiger partial charge in [-0.1, -0.05) is 12.1 Å². The summed E-state index contributed by atoms with van der Waals surface area (Å²) in [5.74, 6) is -0.861. The lowest BCUT2D eigenvalue weighted by Crippen LogP contribution is -2.33. The highest BCUT2D eigenvalue weighted by molar-refractivity contribution is 6.04. The molecule has 28 heavy (non-hydrogen) atoms. The number of methoxy groups -OCH3 is 1. The third kappa shape index (κ3) is 6.92. The summed E-state index contributed by atoms with van der Waals surface area (Å²) < 4.78 is 18.0. The second kappa shape index (κ2) is 11.4. The molecule has 0 aliphatic rings. The predicted octanol–water partition coefficient (Wildman–Crippen LogP) is 3.04. The largest absolute Gasteiger partial charge is 0.380 e. The maximum Gasteiger partial charge on any atom is 0.255 e. The highest BCUT2D eigenvalue weighted by Crippen LogP contribution is 2.17. The number of halogens is 2. The molecule has 0 aliphatic heterocycles. The molecule has 6 nitrogen and oxygen atoms in total. The van der Waals surface area contributed by atoms with Gasteiger partial charge in [-0.15, -0.1) is 12.4 Å². The van der Waals surface area contributed by atoms with Crippen LogP contribution in [0.3, 0.4) is 0 Å². The molecule has 0 saturated heterocycles. The quantitative estimate of drug-likeness (QED) is 0.624. The van der Waals surface area contributed by atoms with Gasteiger partial charge in [-0.25, -0.2) is 4.39 Å². The highest BCUT2D eigenvalue weighted by atomic mass is 35.5. The Morgan fingerprint density at radius 1 is 1.11 bits per heavy atom. The lowest BCUT2D eigenvalue weighted by molar-refractivity contribution is -0.124. The summed E-state index contributed by atoms with van der Waals surface area (Å²) in [4.78, 5) is 24.2. The monoisotopic (exact) mass is 409 g/mol. The van der Waals surface area contributed by atoms with Crippen molar-refractivity contribution in [3.63, 3.8) is 0 Å². The van der Waals surface area contributed by atoms with E-state index < -0.39 is 5.82 Å². The van der Waals surface area contributed by atoms with Crippen LogP contribution in [-0.4, -0.2) is 31.6 Å². The van der Waals surface area contributed by atoms with Crippen molar-refractivity contribution >= 4 is 29.9 Å². The van der Waals surface area contributed by atoms with Gasteiger partial charge >= 0.3 is 0 Å². The summed E-state index contributed by atoms with van der Waals surface area (Å²) in [6, 6.07) is 12.3. The summed E-state index contributed by atoms with van der Waals surface area (Å²) in [5, 5.41) is 5.64. The van der Waals surface area contributed by atoms with E-state index in [1.807, 2.05) is 19.1 Å². The zero-order valence-electron chi connectivity index (χ0n) is 15.8. The number of anilines is 1. The minimum atomic E-state index is -0.393. The molecule has 2 unspecified atom stereocenters. The third-order valence-electron chi connectivity index (χ3n) is 4.16. The normalized spacial score (nSPS) is 12.4. The molecule has 0 bridgehead atoms. The van der Waals surface area contributed by atoms with Gasteiger partial charge in [-0.05, 0) is 48.9 Å². The Balaban J connectivity index is 0.00000392. The van der Waals surface area contributed by atoms with E-state index >= 15 is 0 Å². The molecule has 4 N–H and O–H groups in total. The molecule has 152 valence electrons. The van der Waals surface area contributed by atoms with Gasteiger partial charge in [0.25, 0.3) is 5.91 Å². The number of nitrogens with one attached hydrogen (secondary N) is 2. The van der Waals surface area contributed by atoms with Crippen molar-refractivity contribution in [2.75, 3.05) is 19.0 Å². The van der Waals surface area contributed by atoms with E-state index in [1.54, 1.807) is 12.1 Å². The lowest BCUT2D eigenvalue weighted by atomic mass is 10.1. The first-order chi connectivity index (χ1) is 12.9. The maximum absolute atomic E-state index is 12.9. The third-order valence-corrected chi connectivity index (χ3v) is 4.16. The van der Waals surface area contributed by atoms with Crippen LogP contribution in [0.1, 0.15) is 35.3 Å². The molecule has 2 rings (SSSR count). The molecule has 2 atom stereocenters. The van der Waals surface area contributed by atoms with Crippen molar-refractivity contribution in [1.29, 1.82) is 0 Å². The van der Waals surface area contributed by atoms with E-state index in [9.17, 15) is 14.0 Å². The van der Waals surface area contributed by atoms with Gasteiger partial charge < -0.3 is 21.1 Å². The smallest absolute Gasteiger partial charge is 0.255 e. The van der Waals surface area contributed by atoms with Crippen LogP contribution in [0.2, 0.25) is 0 Å². The number of rotatable bonds is 8. The van der Waals surface area contributed by atoms with Crippen molar-refractivity contribution < 1.29 is 18.7 Å². The minimum absolute atomic E-state index is 0. The number of benzene rings is 2. The zero-order chi connectivity index (χ0) is 19.8. The standard InChI is InChI=1S/C20H24FN3O3.ClH/c1-13(23-19(25)11-18(12-22)27-2)14-5-9-17(10-6-14)24-20(26)15-3-7-16(21)8-4-15;/h3-10,13,18H,11-12,22H2,1-2H3,(H,23,25)(H,24,26);1H. The number of ether oxygens (including phenoxy) is 1. The number of carbonyl (C=O) groups excluding carboxylic acids is 2. The fourth-order valence-electron chi connectivity index (χ4n) is 2.51. The number of nitrogens with two attached hydrogens (primary N) is 1. The Bertz CT molecular complexity index is 765. The molecule has 0 aliphatic carbocycles. The molecule has 0 aromatic heterocycles. The molecule has 2 aromatic carbocycles. The van der Waals surface area contributed by atoms with Crippen molar-refractivity contribution in [1.82, 2.24) is 5.32 Å². The SMILES string of the molecule is COC(CN)CC(=O)NC(C)c1ccc(NC(=O)c2ccc(F)cc2)cc1.Cl. The van der Waals surface area contributed by atoms with E-state index in [4.69, 9.17) is 10.5 Å². The van der Waals surface area contributed by atoms with Crippen molar-refractivity contribution in [2.24, 2.45) is 5.73 Å². The number of hydrogen-bond donors (Lipinski definition) is 3. The Labute approximate surface area is 170 Å². The summed E-state index contributed by atoms with van der Waals surface area (Å²) in [6.07, 6.45) is -0.107. The Kier molecular flexibility index (Phi) is 9.58. The summed E-state index contributed by atoms with van der Waals surface area (Å²) in [6.45, 7) is 2.15. The number of amides is 2. The van der Waals surface area contributed by atoms with Gasteiger partial charge in [0.1, 0.15) is 5.82 Å². The second-order valence-electron chi connectivity index (χ2n) is 6.17. The molecular weight excluding hydrogens is 385 g/mol. The molecule has 0 saturated carbocycles. The first kappa shape index (κ1) is 23.6. The van der Waals surface area contributed by atoms with Gasteiger partial charge in [0.15, 0.2) is 0 Å². The van der Waals surface area contributed by atoms with Crippen molar-refractivity contribution in [2.45, 2.75) is 25.5 Å². The Morgan fingerprint density at radius 3 is 2.25 bits per heavy atom. The minimum Gasteiger partial charge on any atom is -0.380 e. The highest BCUT2D eigenvalue weighted by Gasteiger charge is 2.15. The molecule has 0 spiro atoms. The summed E-state index contributed by atoms with van der Waals surface area (Å²) in [5.41, 5.74) is 7.39. The average molecular weight is 410 g/mol. The van der Waals surface area contributed by atoms with Crippen molar-refractivity contribution in [3.05, 3.63) is 65.5 Å². The van der Waals surface area contributed by atoms with Gasteiger partial charge in [-0.2, -0.15) is 0 Å². The van der Waals surface area contributed by atoms with Gasteiger partial charge in [0, 0.05) is 24.9 Å². The van der Waals surface area contributed by atoms with Crippen LogP contribution in [0, 0.1) is 5.82 Å². The predicted molar refractivity (Wildman–Crippen MR) is 109 cm³/mol. The van der Waals surface area contributed by atoms with Crippen LogP contribution < -0.4 is 16.4 Å². The van der Waals surface area contributed by atoms with E-state index in [-0.39, 0.29) is 49.3 Å². The van der Waals surface area contributed by atoms with Crippen LogP contribution in [0.4, 0.5) is 10.1 Å². The van der Waals surface area contributed by atoms with E-state index in [0.717, 1.165) is 5.56 Å². The van der Waals surface area contributed by atoms with Gasteiger partial charge in [0.05, 0.1) is 18.6 Å². The summed E-state index contributed by atoms with van der Waals surface area (Å²) in [7, 11) is 1.52. The molecule has 8 heteroatoms. The molecular formula is C20H25ClFN3O3. The van der Waals surface area contributed by atoms with E-state index in [2.05, 4.69) is 10.6 Å². The van der Waals surface area contributed by atoms with Gasteiger partial charge in [-0.3, -0.25) is 9.59 Å². The molecule has 0 radical (unpaired) electrons. The second-order valence-corrected chi connectivity index (χ2v) is 6.17. The average Bonchev–Trinajstić information content (AvgIpc) is 2.67. The van der Waals surface area contributed by atoms with Crippen LogP contribution in [0.25, 0.3) is 0 Å². The van der Waals surface area contributed by atoms with Crippen LogP contribution in [-0.2, 0) is 9.53 Å². The summed E-state index contributed by atoms with van der Waals surface area (Å²) >= 11 is 0. The van der Waals surface area contributed by atoms with Crippen molar-refractivity contribution in [3.8, 4) is 0 Å². The Morgan fingerprint density at radius 2 is 1.71 bits per heavy atom. The topological polar surface area (TPSA) is 93.4 Å². The number of carbonyl (C=O) groups is 2. The fourth-order valence-corrected chi connectivity index (χ4v) is 2.51. The molecule has 2 amide bonds. The van der Waals surface area contributed by atoms with E-state index in [1.165, 1.54) is 31.4 Å². The Hall–Kier alpha value is -2.48. The fraction of sp³-hybridized carbons (Fsp3) is 0.300. The van der Waals surface area contributed by atoms with Crippen LogP contribution in [0.5, 0.6) is 0 Å². The van der Waals surface area contributed by atoms with E-state index in [0.29, 0.717) is 11.3 Å². The first-order valence-corrected chi connectivity index (χ1v) is 8.62. The van der Waals surface area contributed by atoms with Crippen LogP contribution >= 0.6 is 12.4 Å². The van der Waals surface area contributed by atoms with Gasteiger partial charge in [0.2, 0.25) is 5.91 Å². The molecule has 0 fully saturated rings. The molecule has 2 aromatic rings. The first-order valence-electron chi connectivity index (χ1n) is 8.62. The van der Waals surface area contributed by atoms with Crippen LogP contribution in [0.15, 0.2) is 48.5 Å².